The maximum atomic E-state index is 11.8. The molecule has 2 atom stereocenters. The Labute approximate surface area is 197 Å². The summed E-state index contributed by atoms with van der Waals surface area (Å²) in [7, 11) is -3.24. The first-order chi connectivity index (χ1) is 15.8. The van der Waals surface area contributed by atoms with Crippen LogP contribution in [-0.2, 0) is 27.7 Å². The second kappa shape index (κ2) is 12.3. The van der Waals surface area contributed by atoms with E-state index in [0.29, 0.717) is 0 Å². The molecule has 2 aromatic carbocycles. The van der Waals surface area contributed by atoms with Crippen LogP contribution in [0.5, 0.6) is 0 Å². The molecule has 0 amide bonds. The van der Waals surface area contributed by atoms with Gasteiger partial charge in [0, 0.05) is 18.5 Å². The molecule has 2 unspecified atom stereocenters. The van der Waals surface area contributed by atoms with Crippen molar-refractivity contribution in [3.8, 4) is 11.1 Å². The molecule has 0 saturated carbocycles. The van der Waals surface area contributed by atoms with Gasteiger partial charge in [-0.1, -0.05) is 61.4 Å². The van der Waals surface area contributed by atoms with Gasteiger partial charge in [-0.25, -0.2) is 13.1 Å². The van der Waals surface area contributed by atoms with Gasteiger partial charge in [-0.05, 0) is 67.3 Å². The first-order valence-corrected chi connectivity index (χ1v) is 13.8. The highest BCUT2D eigenvalue weighted by molar-refractivity contribution is 7.88. The number of aliphatic carboxylic acids is 1. The highest BCUT2D eigenvalue weighted by atomic mass is 32.2. The second-order valence-electron chi connectivity index (χ2n) is 9.07. The molecule has 1 saturated heterocycles. The number of carboxylic acid groups (broad SMARTS) is 1. The minimum absolute atomic E-state index is 0.0739. The van der Waals surface area contributed by atoms with Crippen LogP contribution in [0.15, 0.2) is 48.5 Å². The summed E-state index contributed by atoms with van der Waals surface area (Å²) in [6.45, 7) is 0.904. The lowest BCUT2D eigenvalue weighted by molar-refractivity contribution is -0.137. The molecule has 0 aromatic heterocycles. The lowest BCUT2D eigenvalue weighted by atomic mass is 9.91. The Balaban J connectivity index is 1.66. The van der Waals surface area contributed by atoms with Gasteiger partial charge in [-0.3, -0.25) is 4.79 Å². The molecule has 1 heterocycles. The number of carbonyl (C=O) groups is 1. The van der Waals surface area contributed by atoms with E-state index in [2.05, 4.69) is 58.6 Å². The van der Waals surface area contributed by atoms with Gasteiger partial charge in [0.15, 0.2) is 0 Å². The van der Waals surface area contributed by atoms with E-state index in [0.717, 1.165) is 57.9 Å². The van der Waals surface area contributed by atoms with E-state index in [9.17, 15) is 13.2 Å². The van der Waals surface area contributed by atoms with Crippen molar-refractivity contribution in [2.45, 2.75) is 69.9 Å². The topological polar surface area (TPSA) is 95.5 Å². The largest absolute Gasteiger partial charge is 0.481 e. The van der Waals surface area contributed by atoms with Gasteiger partial charge in [0.05, 0.1) is 6.26 Å². The highest BCUT2D eigenvalue weighted by Gasteiger charge is 2.27. The molecular weight excluding hydrogens is 436 g/mol. The van der Waals surface area contributed by atoms with Gasteiger partial charge in [0.2, 0.25) is 10.0 Å². The van der Waals surface area contributed by atoms with Gasteiger partial charge >= 0.3 is 5.97 Å². The molecule has 3 rings (SSSR count). The van der Waals surface area contributed by atoms with Gasteiger partial charge in [0.1, 0.15) is 0 Å². The minimum Gasteiger partial charge on any atom is -0.481 e. The lowest BCUT2D eigenvalue weighted by Gasteiger charge is -2.33. The molecule has 3 N–H and O–H groups in total. The molecular formula is C26H36N2O4S. The molecule has 0 spiro atoms. The molecule has 1 fully saturated rings. The van der Waals surface area contributed by atoms with E-state index < -0.39 is 16.0 Å². The summed E-state index contributed by atoms with van der Waals surface area (Å²) in [6, 6.07) is 17.0. The fourth-order valence-corrected chi connectivity index (χ4v) is 5.50. The Morgan fingerprint density at radius 3 is 2.67 bits per heavy atom. The predicted molar refractivity (Wildman–Crippen MR) is 133 cm³/mol. The predicted octanol–water partition coefficient (Wildman–Crippen LogP) is 4.14. The van der Waals surface area contributed by atoms with Gasteiger partial charge in [0.25, 0.3) is 0 Å². The number of unbranched alkanes of at least 4 members (excludes halogenated alkanes) is 3. The van der Waals surface area contributed by atoms with Crippen molar-refractivity contribution in [3.63, 3.8) is 0 Å². The standard InChI is InChI=1S/C26H36N2O4S/c1-33(31,32)28-24-15-9-17-27-25(24)19-20-10-8-13-22(18-20)23-14-7-6-12-21(23)11-4-2-3-5-16-26(29)30/h6-8,10,12-14,18,24-25,27-28H,2-5,9,11,15-17,19H2,1H3,(H,29,30). The Morgan fingerprint density at radius 2 is 1.88 bits per heavy atom. The van der Waals surface area contributed by atoms with Crippen molar-refractivity contribution >= 4 is 16.0 Å². The third-order valence-corrected chi connectivity index (χ3v) is 6.98. The zero-order chi connectivity index (χ0) is 23.7. The fourth-order valence-electron chi connectivity index (χ4n) is 4.67. The summed E-state index contributed by atoms with van der Waals surface area (Å²) in [4.78, 5) is 10.7. The summed E-state index contributed by atoms with van der Waals surface area (Å²) in [5.41, 5.74) is 4.90. The van der Waals surface area contributed by atoms with E-state index in [1.54, 1.807) is 0 Å². The third kappa shape index (κ3) is 8.57. The van der Waals surface area contributed by atoms with Crippen LogP contribution in [0.25, 0.3) is 11.1 Å². The lowest BCUT2D eigenvalue weighted by Crippen LogP contribution is -2.54. The van der Waals surface area contributed by atoms with Crippen molar-refractivity contribution in [1.29, 1.82) is 0 Å². The van der Waals surface area contributed by atoms with Crippen molar-refractivity contribution in [2.75, 3.05) is 12.8 Å². The maximum Gasteiger partial charge on any atom is 0.303 e. The van der Waals surface area contributed by atoms with Crippen LogP contribution in [-0.4, -0.2) is 44.4 Å². The summed E-state index contributed by atoms with van der Waals surface area (Å²) in [6.07, 6.45) is 8.79. The average Bonchev–Trinajstić information content (AvgIpc) is 2.77. The van der Waals surface area contributed by atoms with Crippen LogP contribution in [0.1, 0.15) is 56.1 Å². The minimum atomic E-state index is -3.24. The molecule has 1 aliphatic rings. The van der Waals surface area contributed by atoms with Crippen molar-refractivity contribution < 1.29 is 18.3 Å². The zero-order valence-corrected chi connectivity index (χ0v) is 20.2. The van der Waals surface area contributed by atoms with E-state index in [4.69, 9.17) is 5.11 Å². The van der Waals surface area contributed by atoms with Crippen LogP contribution in [0, 0.1) is 0 Å². The first-order valence-electron chi connectivity index (χ1n) is 11.9. The van der Waals surface area contributed by atoms with E-state index in [-0.39, 0.29) is 18.5 Å². The number of nitrogens with one attached hydrogen (secondary N) is 2. The Bertz CT molecular complexity index is 1020. The zero-order valence-electron chi connectivity index (χ0n) is 19.4. The van der Waals surface area contributed by atoms with E-state index >= 15 is 0 Å². The first kappa shape index (κ1) is 25.4. The normalized spacial score (nSPS) is 18.8. The van der Waals surface area contributed by atoms with E-state index in [1.807, 2.05) is 0 Å². The second-order valence-corrected chi connectivity index (χ2v) is 10.8. The number of sulfonamides is 1. The van der Waals surface area contributed by atoms with Gasteiger partial charge < -0.3 is 10.4 Å². The molecule has 0 bridgehead atoms. The molecule has 33 heavy (non-hydrogen) atoms. The molecule has 0 radical (unpaired) electrons. The number of piperidine rings is 1. The van der Waals surface area contributed by atoms with Crippen molar-refractivity contribution in [2.24, 2.45) is 0 Å². The third-order valence-electron chi connectivity index (χ3n) is 6.25. The maximum absolute atomic E-state index is 11.8. The Kier molecular flexibility index (Phi) is 9.47. The summed E-state index contributed by atoms with van der Waals surface area (Å²) in [5, 5.41) is 12.3. The molecule has 7 heteroatoms. The number of carboxylic acids is 1. The number of hydrogen-bond acceptors (Lipinski definition) is 4. The molecule has 1 aliphatic heterocycles. The van der Waals surface area contributed by atoms with Crippen LogP contribution < -0.4 is 10.0 Å². The molecule has 0 aliphatic carbocycles. The van der Waals surface area contributed by atoms with Crippen LogP contribution >= 0.6 is 0 Å². The van der Waals surface area contributed by atoms with Crippen LogP contribution in [0.2, 0.25) is 0 Å². The van der Waals surface area contributed by atoms with Gasteiger partial charge in [-0.15, -0.1) is 0 Å². The Hall–Kier alpha value is -2.22. The number of aryl methyl sites for hydroxylation is 1. The highest BCUT2D eigenvalue weighted by Crippen LogP contribution is 2.27. The summed E-state index contributed by atoms with van der Waals surface area (Å²) in [5.74, 6) is -0.720. The fraction of sp³-hybridized carbons (Fsp3) is 0.500. The van der Waals surface area contributed by atoms with E-state index in [1.165, 1.54) is 28.5 Å². The number of benzene rings is 2. The van der Waals surface area contributed by atoms with Crippen molar-refractivity contribution in [1.82, 2.24) is 10.0 Å². The SMILES string of the molecule is CS(=O)(=O)NC1CCCNC1Cc1cccc(-c2ccccc2CCCCCCC(=O)O)c1. The van der Waals surface area contributed by atoms with Crippen LogP contribution in [0.3, 0.4) is 0 Å². The quantitative estimate of drug-likeness (QED) is 0.404. The summed E-state index contributed by atoms with van der Waals surface area (Å²) >= 11 is 0. The molecule has 2 aromatic rings. The van der Waals surface area contributed by atoms with Crippen LogP contribution in [0.4, 0.5) is 0 Å². The number of rotatable bonds is 12. The van der Waals surface area contributed by atoms with Gasteiger partial charge in [-0.2, -0.15) is 0 Å². The van der Waals surface area contributed by atoms with Crippen molar-refractivity contribution in [3.05, 3.63) is 59.7 Å². The summed E-state index contributed by atoms with van der Waals surface area (Å²) < 4.78 is 26.4. The molecule has 180 valence electrons. The average molecular weight is 473 g/mol. The monoisotopic (exact) mass is 472 g/mol. The molecule has 6 nitrogen and oxygen atoms in total. The smallest absolute Gasteiger partial charge is 0.303 e. The number of hydrogen-bond donors (Lipinski definition) is 3. The Morgan fingerprint density at radius 1 is 1.09 bits per heavy atom.